The van der Waals surface area contributed by atoms with Crippen LogP contribution in [0.2, 0.25) is 0 Å². The molecule has 0 aliphatic carbocycles. The molecule has 7 nitrogen and oxygen atoms in total. The number of aromatic nitrogens is 2. The van der Waals surface area contributed by atoms with E-state index in [4.69, 9.17) is 14.2 Å². The lowest BCUT2D eigenvalue weighted by atomic mass is 10.2. The zero-order valence-corrected chi connectivity index (χ0v) is 16.1. The molecule has 0 fully saturated rings. The highest BCUT2D eigenvalue weighted by atomic mass is 32.1. The Morgan fingerprint density at radius 2 is 2.14 bits per heavy atom. The van der Waals surface area contributed by atoms with Crippen molar-refractivity contribution < 1.29 is 19.0 Å². The minimum absolute atomic E-state index is 0.107. The fourth-order valence-electron chi connectivity index (χ4n) is 3.10. The van der Waals surface area contributed by atoms with Gasteiger partial charge < -0.3 is 19.5 Å². The van der Waals surface area contributed by atoms with E-state index in [0.29, 0.717) is 18.1 Å². The highest BCUT2D eigenvalue weighted by molar-refractivity contribution is 7.15. The first-order valence-corrected chi connectivity index (χ1v) is 9.93. The quantitative estimate of drug-likeness (QED) is 0.525. The molecule has 8 heteroatoms. The number of anilines is 1. The van der Waals surface area contributed by atoms with Crippen LogP contribution in [0.5, 0.6) is 17.2 Å². The molecule has 0 saturated heterocycles. The third-order valence-corrected chi connectivity index (χ3v) is 5.22. The van der Waals surface area contributed by atoms with Gasteiger partial charge in [-0.25, -0.2) is 4.98 Å². The molecule has 3 heterocycles. The summed E-state index contributed by atoms with van der Waals surface area (Å²) in [6, 6.07) is 13.1. The molecule has 1 aliphatic heterocycles. The number of hydrogen-bond donors (Lipinski definition) is 1. The summed E-state index contributed by atoms with van der Waals surface area (Å²) in [5.74, 6) is 2.00. The molecule has 0 saturated carbocycles. The topological polar surface area (TPSA) is 74.1 Å². The van der Waals surface area contributed by atoms with E-state index in [2.05, 4.69) is 10.3 Å². The summed E-state index contributed by atoms with van der Waals surface area (Å²) in [5, 5.41) is 4.88. The van der Waals surface area contributed by atoms with Crippen molar-refractivity contribution in [2.24, 2.45) is 0 Å². The van der Waals surface area contributed by atoms with Crippen LogP contribution in [0, 0.1) is 0 Å². The minimum Gasteiger partial charge on any atom is -0.489 e. The molecule has 0 unspecified atom stereocenters. The van der Waals surface area contributed by atoms with E-state index < -0.39 is 0 Å². The molecule has 2 aromatic heterocycles. The second-order valence-electron chi connectivity index (χ2n) is 6.55. The molecule has 1 amide bonds. The first-order chi connectivity index (χ1) is 14.2. The summed E-state index contributed by atoms with van der Waals surface area (Å²) in [5.41, 5.74) is 2.42. The Balaban J connectivity index is 1.20. The molecule has 4 aromatic rings. The van der Waals surface area contributed by atoms with Crippen LogP contribution in [-0.2, 0) is 17.8 Å². The predicted molar refractivity (Wildman–Crippen MR) is 109 cm³/mol. The van der Waals surface area contributed by atoms with E-state index in [0.717, 1.165) is 27.7 Å². The molecule has 0 radical (unpaired) electrons. The van der Waals surface area contributed by atoms with Crippen LogP contribution in [0.3, 0.4) is 0 Å². The van der Waals surface area contributed by atoms with E-state index >= 15 is 0 Å². The number of benzene rings is 2. The van der Waals surface area contributed by atoms with Gasteiger partial charge in [0.1, 0.15) is 12.4 Å². The summed E-state index contributed by atoms with van der Waals surface area (Å²) in [6.07, 6.45) is 4.03. The Morgan fingerprint density at radius 3 is 3.07 bits per heavy atom. The lowest BCUT2D eigenvalue weighted by Gasteiger charge is -2.09. The zero-order chi connectivity index (χ0) is 19.6. The van der Waals surface area contributed by atoms with Gasteiger partial charge in [0.25, 0.3) is 0 Å². The highest BCUT2D eigenvalue weighted by Crippen LogP contribution is 2.35. The summed E-state index contributed by atoms with van der Waals surface area (Å²) in [7, 11) is 0. The van der Waals surface area contributed by atoms with Gasteiger partial charge >= 0.3 is 0 Å². The normalized spacial score (nSPS) is 12.3. The fraction of sp³-hybridized carbons (Fsp3) is 0.143. The third kappa shape index (κ3) is 3.88. The molecule has 0 atom stereocenters. The fourth-order valence-corrected chi connectivity index (χ4v) is 3.82. The summed E-state index contributed by atoms with van der Waals surface area (Å²) >= 11 is 1.54. The van der Waals surface area contributed by atoms with Gasteiger partial charge in [-0.2, -0.15) is 0 Å². The van der Waals surface area contributed by atoms with Crippen LogP contribution in [-0.4, -0.2) is 22.1 Å². The first kappa shape index (κ1) is 17.6. The molecule has 29 heavy (non-hydrogen) atoms. The molecule has 1 aliphatic rings. The predicted octanol–water partition coefficient (Wildman–Crippen LogP) is 3.88. The summed E-state index contributed by atoms with van der Waals surface area (Å²) in [4.78, 5) is 17.7. The highest BCUT2D eigenvalue weighted by Gasteiger charge is 2.14. The van der Waals surface area contributed by atoms with Crippen LogP contribution < -0.4 is 19.5 Å². The molecule has 0 spiro atoms. The van der Waals surface area contributed by atoms with Crippen LogP contribution in [0.25, 0.3) is 4.96 Å². The van der Waals surface area contributed by atoms with E-state index in [1.54, 1.807) is 11.3 Å². The SMILES string of the molecule is O=C(Cc1cn2ccsc2n1)Nc1cccc(COc2ccc3c(c2)OCO3)c1. The third-order valence-electron chi connectivity index (χ3n) is 4.45. The molecule has 0 bridgehead atoms. The van der Waals surface area contributed by atoms with E-state index in [9.17, 15) is 4.79 Å². The van der Waals surface area contributed by atoms with E-state index in [1.165, 1.54) is 0 Å². The Morgan fingerprint density at radius 1 is 1.21 bits per heavy atom. The van der Waals surface area contributed by atoms with Crippen molar-refractivity contribution in [3.8, 4) is 17.2 Å². The number of hydrogen-bond acceptors (Lipinski definition) is 6. The van der Waals surface area contributed by atoms with E-state index in [-0.39, 0.29) is 19.1 Å². The van der Waals surface area contributed by atoms with Crippen LogP contribution in [0.1, 0.15) is 11.3 Å². The van der Waals surface area contributed by atoms with Crippen molar-refractivity contribution >= 4 is 27.9 Å². The van der Waals surface area contributed by atoms with Gasteiger partial charge in [0.15, 0.2) is 16.5 Å². The molecular weight excluding hydrogens is 390 g/mol. The van der Waals surface area contributed by atoms with Crippen molar-refractivity contribution in [3.63, 3.8) is 0 Å². The average molecular weight is 407 g/mol. The number of nitrogens with zero attached hydrogens (tertiary/aromatic N) is 2. The Hall–Kier alpha value is -3.52. The standard InChI is InChI=1S/C21H17N3O4S/c25-20(9-16-11-24-6-7-29-21(24)23-16)22-15-3-1-2-14(8-15)12-26-17-4-5-18-19(10-17)28-13-27-18/h1-8,10-11H,9,12-13H2,(H,22,25). The number of imidazole rings is 1. The molecule has 2 aromatic carbocycles. The summed E-state index contributed by atoms with van der Waals surface area (Å²) in [6.45, 7) is 0.609. The number of carbonyl (C=O) groups is 1. The van der Waals surface area contributed by atoms with Gasteiger partial charge in [-0.05, 0) is 29.8 Å². The van der Waals surface area contributed by atoms with Gasteiger partial charge in [0.05, 0.1) is 12.1 Å². The number of amides is 1. The van der Waals surface area contributed by atoms with Gasteiger partial charge in [0, 0.05) is 29.5 Å². The van der Waals surface area contributed by atoms with Crippen LogP contribution in [0.4, 0.5) is 5.69 Å². The number of thiazole rings is 1. The maximum absolute atomic E-state index is 12.4. The van der Waals surface area contributed by atoms with Gasteiger partial charge in [-0.3, -0.25) is 9.20 Å². The second kappa shape index (κ2) is 7.48. The number of fused-ring (bicyclic) bond motifs is 2. The number of nitrogens with one attached hydrogen (secondary N) is 1. The maximum Gasteiger partial charge on any atom is 0.231 e. The smallest absolute Gasteiger partial charge is 0.231 e. The number of rotatable bonds is 6. The minimum atomic E-state index is -0.107. The lowest BCUT2D eigenvalue weighted by molar-refractivity contribution is -0.115. The Bertz CT molecular complexity index is 1160. The number of carbonyl (C=O) groups excluding carboxylic acids is 1. The Kier molecular flexibility index (Phi) is 4.53. The van der Waals surface area contributed by atoms with Gasteiger partial charge in [0.2, 0.25) is 12.7 Å². The van der Waals surface area contributed by atoms with Crippen molar-refractivity contribution in [1.82, 2.24) is 9.38 Å². The van der Waals surface area contributed by atoms with Crippen molar-refractivity contribution in [2.45, 2.75) is 13.0 Å². The zero-order valence-electron chi connectivity index (χ0n) is 15.3. The van der Waals surface area contributed by atoms with Crippen molar-refractivity contribution in [1.29, 1.82) is 0 Å². The maximum atomic E-state index is 12.4. The van der Waals surface area contributed by atoms with E-state index in [1.807, 2.05) is 64.6 Å². The number of ether oxygens (including phenoxy) is 3. The first-order valence-electron chi connectivity index (χ1n) is 9.05. The Labute approximate surface area is 170 Å². The van der Waals surface area contributed by atoms with Gasteiger partial charge in [-0.1, -0.05) is 12.1 Å². The monoisotopic (exact) mass is 407 g/mol. The molecule has 1 N–H and O–H groups in total. The van der Waals surface area contributed by atoms with Crippen LogP contribution >= 0.6 is 11.3 Å². The van der Waals surface area contributed by atoms with Crippen LogP contribution in [0.15, 0.2) is 60.2 Å². The average Bonchev–Trinajstić information content (AvgIpc) is 3.42. The van der Waals surface area contributed by atoms with Crippen molar-refractivity contribution in [3.05, 3.63) is 71.5 Å². The lowest BCUT2D eigenvalue weighted by Crippen LogP contribution is -2.14. The largest absolute Gasteiger partial charge is 0.489 e. The molecular formula is C21H17N3O4S. The van der Waals surface area contributed by atoms with Crippen molar-refractivity contribution in [2.75, 3.05) is 12.1 Å². The molecule has 5 rings (SSSR count). The second-order valence-corrected chi connectivity index (χ2v) is 7.43. The summed E-state index contributed by atoms with van der Waals surface area (Å²) < 4.78 is 18.4. The molecule has 146 valence electrons. The van der Waals surface area contributed by atoms with Gasteiger partial charge in [-0.15, -0.1) is 11.3 Å².